The Bertz CT molecular complexity index is 520. The Labute approximate surface area is 118 Å². The Kier molecular flexibility index (Phi) is 3.59. The van der Waals surface area contributed by atoms with Crippen LogP contribution in [0.2, 0.25) is 0 Å². The molecule has 5 heteroatoms. The lowest BCUT2D eigenvalue weighted by atomic mass is 10.1. The third-order valence-electron chi connectivity index (χ3n) is 4.30. The van der Waals surface area contributed by atoms with Crippen LogP contribution < -0.4 is 5.32 Å². The number of fused-ring (bicyclic) bond motifs is 2. The summed E-state index contributed by atoms with van der Waals surface area (Å²) in [4.78, 5) is 18.6. The second kappa shape index (κ2) is 5.38. The third kappa shape index (κ3) is 2.37. The molecule has 1 amide bonds. The van der Waals surface area contributed by atoms with Crippen molar-refractivity contribution in [1.29, 1.82) is 0 Å². The van der Waals surface area contributed by atoms with E-state index in [-0.39, 0.29) is 5.91 Å². The van der Waals surface area contributed by atoms with E-state index < -0.39 is 5.82 Å². The van der Waals surface area contributed by atoms with Gasteiger partial charge in [0.15, 0.2) is 0 Å². The summed E-state index contributed by atoms with van der Waals surface area (Å²) in [6, 6.07) is 1.65. The minimum Gasteiger partial charge on any atom is -0.369 e. The monoisotopic (exact) mass is 277 g/mol. The molecule has 4 nitrogen and oxygen atoms in total. The lowest BCUT2D eigenvalue weighted by Gasteiger charge is -2.27. The number of carbonyl (C=O) groups excluding carboxylic acids is 1. The quantitative estimate of drug-likeness (QED) is 0.920. The van der Waals surface area contributed by atoms with Crippen LogP contribution in [0.4, 0.5) is 10.2 Å². The van der Waals surface area contributed by atoms with Crippen LogP contribution in [0.3, 0.4) is 0 Å². The summed E-state index contributed by atoms with van der Waals surface area (Å²) in [5.74, 6) is 0.598. The summed E-state index contributed by atoms with van der Waals surface area (Å²) in [5.41, 5.74) is 0.367. The minimum atomic E-state index is -0.459. The molecule has 1 aromatic heterocycles. The zero-order valence-electron chi connectivity index (χ0n) is 11.7. The smallest absolute Gasteiger partial charge is 0.257 e. The number of hydrogen-bond acceptors (Lipinski definition) is 3. The molecule has 1 aliphatic carbocycles. The fourth-order valence-corrected chi connectivity index (χ4v) is 3.31. The lowest BCUT2D eigenvalue weighted by Crippen LogP contribution is -2.38. The highest BCUT2D eigenvalue weighted by molar-refractivity contribution is 5.99. The average Bonchev–Trinajstić information content (AvgIpc) is 3.08. The number of nitrogens with zero attached hydrogens (tertiary/aromatic N) is 2. The summed E-state index contributed by atoms with van der Waals surface area (Å²) in [6.07, 6.45) is 5.49. The van der Waals surface area contributed by atoms with Crippen molar-refractivity contribution in [2.75, 3.05) is 18.4 Å². The molecular formula is C15H20FN3O. The van der Waals surface area contributed by atoms with Gasteiger partial charge < -0.3 is 10.2 Å². The van der Waals surface area contributed by atoms with E-state index in [0.717, 1.165) is 38.5 Å². The summed E-state index contributed by atoms with van der Waals surface area (Å²) < 4.78 is 13.4. The fraction of sp³-hybridized carbons (Fsp3) is 0.600. The molecule has 1 saturated heterocycles. The van der Waals surface area contributed by atoms with E-state index in [1.54, 1.807) is 0 Å². The molecule has 2 atom stereocenters. The molecule has 0 spiro atoms. The Morgan fingerprint density at radius 3 is 3.05 bits per heavy atom. The van der Waals surface area contributed by atoms with Crippen LogP contribution in [0, 0.1) is 11.7 Å². The van der Waals surface area contributed by atoms with Gasteiger partial charge in [-0.2, -0.15) is 0 Å². The number of hydrogen-bond donors (Lipinski definition) is 1. The molecular weight excluding hydrogens is 257 g/mol. The largest absolute Gasteiger partial charge is 0.369 e. The van der Waals surface area contributed by atoms with Gasteiger partial charge in [-0.3, -0.25) is 4.79 Å². The van der Waals surface area contributed by atoms with Gasteiger partial charge in [-0.05, 0) is 37.7 Å². The first-order valence-electron chi connectivity index (χ1n) is 7.39. The zero-order chi connectivity index (χ0) is 14.1. The molecule has 2 aliphatic rings. The minimum absolute atomic E-state index is 0.0807. The van der Waals surface area contributed by atoms with Gasteiger partial charge in [0.05, 0.1) is 11.8 Å². The average molecular weight is 277 g/mol. The van der Waals surface area contributed by atoms with Crippen molar-refractivity contribution >= 4 is 11.7 Å². The van der Waals surface area contributed by atoms with Crippen molar-refractivity contribution in [1.82, 2.24) is 9.88 Å². The normalized spacial score (nSPS) is 24.2. The summed E-state index contributed by atoms with van der Waals surface area (Å²) in [5, 5.41) is 3.11. The molecule has 2 unspecified atom stereocenters. The third-order valence-corrected chi connectivity index (χ3v) is 4.30. The summed E-state index contributed by atoms with van der Waals surface area (Å²) in [7, 11) is 0. The van der Waals surface area contributed by atoms with Crippen LogP contribution in [0.15, 0.2) is 12.3 Å². The van der Waals surface area contributed by atoms with E-state index in [0.29, 0.717) is 23.3 Å². The molecule has 1 aromatic rings. The van der Waals surface area contributed by atoms with Crippen molar-refractivity contribution in [3.8, 4) is 0 Å². The maximum atomic E-state index is 13.4. The Hall–Kier alpha value is -1.65. The zero-order valence-corrected chi connectivity index (χ0v) is 11.7. The molecule has 1 N–H and O–H groups in total. The van der Waals surface area contributed by atoms with E-state index in [9.17, 15) is 9.18 Å². The van der Waals surface area contributed by atoms with Crippen molar-refractivity contribution in [3.63, 3.8) is 0 Å². The summed E-state index contributed by atoms with van der Waals surface area (Å²) in [6.45, 7) is 3.58. The SMILES string of the molecule is CCCNc1ncc(F)cc1C(=O)N1CC2CCC1C2. The topological polar surface area (TPSA) is 45.2 Å². The number of anilines is 1. The number of aromatic nitrogens is 1. The number of carbonyl (C=O) groups is 1. The van der Waals surface area contributed by atoms with Gasteiger partial charge in [-0.25, -0.2) is 9.37 Å². The van der Waals surface area contributed by atoms with Crippen molar-refractivity contribution < 1.29 is 9.18 Å². The molecule has 3 rings (SSSR count). The second-order valence-electron chi connectivity index (χ2n) is 5.77. The summed E-state index contributed by atoms with van der Waals surface area (Å²) >= 11 is 0. The molecule has 1 aliphatic heterocycles. The number of amides is 1. The number of piperidine rings is 1. The molecule has 20 heavy (non-hydrogen) atoms. The number of halogens is 1. The van der Waals surface area contributed by atoms with E-state index in [1.807, 2.05) is 11.8 Å². The number of rotatable bonds is 4. The van der Waals surface area contributed by atoms with Crippen LogP contribution >= 0.6 is 0 Å². The second-order valence-corrected chi connectivity index (χ2v) is 5.77. The predicted molar refractivity (Wildman–Crippen MR) is 75.1 cm³/mol. The van der Waals surface area contributed by atoms with Crippen LogP contribution in [0.25, 0.3) is 0 Å². The highest BCUT2D eigenvalue weighted by Crippen LogP contribution is 2.38. The highest BCUT2D eigenvalue weighted by Gasteiger charge is 2.41. The molecule has 1 saturated carbocycles. The van der Waals surface area contributed by atoms with Crippen molar-refractivity contribution in [2.24, 2.45) is 5.92 Å². The standard InChI is InChI=1S/C15H20FN3O/c1-2-5-17-14-13(7-11(16)8-18-14)15(20)19-9-10-3-4-12(19)6-10/h7-8,10,12H,2-6,9H2,1H3,(H,17,18). The molecule has 0 radical (unpaired) electrons. The molecule has 2 fully saturated rings. The Balaban J connectivity index is 1.84. The lowest BCUT2D eigenvalue weighted by molar-refractivity contribution is 0.0703. The maximum absolute atomic E-state index is 13.4. The van der Waals surface area contributed by atoms with E-state index >= 15 is 0 Å². The first-order valence-corrected chi connectivity index (χ1v) is 7.39. The van der Waals surface area contributed by atoms with Crippen LogP contribution in [-0.4, -0.2) is 34.9 Å². The van der Waals surface area contributed by atoms with Crippen LogP contribution in [0.5, 0.6) is 0 Å². The van der Waals surface area contributed by atoms with Crippen LogP contribution in [-0.2, 0) is 0 Å². The molecule has 108 valence electrons. The van der Waals surface area contributed by atoms with Gasteiger partial charge in [-0.15, -0.1) is 0 Å². The highest BCUT2D eigenvalue weighted by atomic mass is 19.1. The van der Waals surface area contributed by atoms with E-state index in [2.05, 4.69) is 10.3 Å². The first-order chi connectivity index (χ1) is 9.69. The fourth-order valence-electron chi connectivity index (χ4n) is 3.31. The molecule has 2 heterocycles. The molecule has 2 bridgehead atoms. The van der Waals surface area contributed by atoms with E-state index in [4.69, 9.17) is 0 Å². The molecule has 0 aromatic carbocycles. The van der Waals surface area contributed by atoms with Crippen molar-refractivity contribution in [3.05, 3.63) is 23.6 Å². The van der Waals surface area contributed by atoms with Gasteiger partial charge in [-0.1, -0.05) is 6.92 Å². The van der Waals surface area contributed by atoms with Gasteiger partial charge >= 0.3 is 0 Å². The van der Waals surface area contributed by atoms with Gasteiger partial charge in [0.2, 0.25) is 0 Å². The van der Waals surface area contributed by atoms with Gasteiger partial charge in [0.25, 0.3) is 5.91 Å². The van der Waals surface area contributed by atoms with Crippen LogP contribution in [0.1, 0.15) is 43.0 Å². The van der Waals surface area contributed by atoms with Gasteiger partial charge in [0.1, 0.15) is 11.6 Å². The number of nitrogens with one attached hydrogen (secondary N) is 1. The van der Waals surface area contributed by atoms with Gasteiger partial charge in [0, 0.05) is 19.1 Å². The Morgan fingerprint density at radius 1 is 1.55 bits per heavy atom. The van der Waals surface area contributed by atoms with E-state index in [1.165, 1.54) is 12.5 Å². The predicted octanol–water partition coefficient (Wildman–Crippen LogP) is 2.67. The number of likely N-dealkylation sites (tertiary alicyclic amines) is 1. The van der Waals surface area contributed by atoms with Crippen molar-refractivity contribution in [2.45, 2.75) is 38.6 Å². The number of pyridine rings is 1. The first kappa shape index (κ1) is 13.3. The maximum Gasteiger partial charge on any atom is 0.257 e. The Morgan fingerprint density at radius 2 is 2.40 bits per heavy atom.